The number of rotatable bonds is 2. The summed E-state index contributed by atoms with van der Waals surface area (Å²) in [4.78, 5) is 23.6. The predicted octanol–water partition coefficient (Wildman–Crippen LogP) is 2.99. The van der Waals surface area contributed by atoms with Gasteiger partial charge in [-0.15, -0.1) is 0 Å². The molecule has 0 unspecified atom stereocenters. The number of benzene rings is 2. The van der Waals surface area contributed by atoms with Crippen molar-refractivity contribution in [3.63, 3.8) is 0 Å². The second-order valence-corrected chi connectivity index (χ2v) is 5.44. The van der Waals surface area contributed by atoms with Crippen molar-refractivity contribution in [3.8, 4) is 17.2 Å². The van der Waals surface area contributed by atoms with E-state index in [4.69, 9.17) is 14.2 Å². The van der Waals surface area contributed by atoms with Gasteiger partial charge in [0.15, 0.2) is 17.3 Å². The minimum atomic E-state index is -0.227. The van der Waals surface area contributed by atoms with Gasteiger partial charge in [-0.1, -0.05) is 6.07 Å². The molecule has 24 heavy (non-hydrogen) atoms. The van der Waals surface area contributed by atoms with Crippen LogP contribution in [0, 0.1) is 0 Å². The van der Waals surface area contributed by atoms with E-state index in [1.807, 2.05) is 6.07 Å². The molecule has 0 saturated carbocycles. The van der Waals surface area contributed by atoms with Gasteiger partial charge in [-0.05, 0) is 42.0 Å². The molecule has 0 aromatic heterocycles. The Labute approximate surface area is 137 Å². The van der Waals surface area contributed by atoms with E-state index >= 15 is 0 Å². The maximum Gasteiger partial charge on any atom is 0.232 e. The Hall–Kier alpha value is -3.28. The van der Waals surface area contributed by atoms with E-state index in [1.165, 1.54) is 6.92 Å². The van der Waals surface area contributed by atoms with E-state index < -0.39 is 0 Å². The normalized spacial score (nSPS) is 16.0. The molecule has 6 nitrogen and oxygen atoms in total. The van der Waals surface area contributed by atoms with Crippen molar-refractivity contribution >= 4 is 23.5 Å². The second-order valence-electron chi connectivity index (χ2n) is 5.44. The van der Waals surface area contributed by atoms with Crippen molar-refractivity contribution in [2.24, 2.45) is 0 Å². The zero-order chi connectivity index (χ0) is 16.7. The fourth-order valence-electron chi connectivity index (χ4n) is 2.62. The maximum absolute atomic E-state index is 12.5. The predicted molar refractivity (Wildman–Crippen MR) is 86.2 cm³/mol. The smallest absolute Gasteiger partial charge is 0.232 e. The Bertz CT molecular complexity index is 900. The first-order valence-corrected chi connectivity index (χ1v) is 7.36. The standard InChI is InChI=1S/C18H13NO5/c1-10(20)19-12-3-5-14-13(8-12)18(21)17(24-14)7-11-2-4-15-16(6-11)23-9-22-15/h2-8H,9H2,1H3,(H,19,20)/b17-7-. The second kappa shape index (κ2) is 5.42. The summed E-state index contributed by atoms with van der Waals surface area (Å²) in [6.45, 7) is 1.61. The molecule has 0 fully saturated rings. The zero-order valence-electron chi connectivity index (χ0n) is 12.8. The van der Waals surface area contributed by atoms with Gasteiger partial charge in [0, 0.05) is 12.6 Å². The van der Waals surface area contributed by atoms with Crippen molar-refractivity contribution in [2.75, 3.05) is 12.1 Å². The Balaban J connectivity index is 1.64. The fourth-order valence-corrected chi connectivity index (χ4v) is 2.62. The number of allylic oxidation sites excluding steroid dienone is 1. The van der Waals surface area contributed by atoms with E-state index in [0.29, 0.717) is 28.5 Å². The van der Waals surface area contributed by atoms with Crippen LogP contribution in [0.5, 0.6) is 17.2 Å². The number of ether oxygens (including phenoxy) is 3. The largest absolute Gasteiger partial charge is 0.454 e. The van der Waals surface area contributed by atoms with Crippen LogP contribution in [0.25, 0.3) is 6.08 Å². The number of ketones is 1. The number of carbonyl (C=O) groups is 2. The van der Waals surface area contributed by atoms with Gasteiger partial charge in [-0.3, -0.25) is 9.59 Å². The van der Waals surface area contributed by atoms with Gasteiger partial charge in [0.25, 0.3) is 0 Å². The van der Waals surface area contributed by atoms with E-state index in [0.717, 1.165) is 5.56 Å². The molecule has 0 atom stereocenters. The quantitative estimate of drug-likeness (QED) is 0.860. The first kappa shape index (κ1) is 14.3. The highest BCUT2D eigenvalue weighted by Gasteiger charge is 2.28. The Morgan fingerprint density at radius 3 is 2.71 bits per heavy atom. The lowest BCUT2D eigenvalue weighted by Crippen LogP contribution is -2.06. The number of fused-ring (bicyclic) bond motifs is 2. The molecule has 2 aliphatic rings. The van der Waals surface area contributed by atoms with Crippen molar-refractivity contribution < 1.29 is 23.8 Å². The number of Topliss-reactive ketones (excluding diaryl/α,β-unsaturated/α-hetero) is 1. The van der Waals surface area contributed by atoms with Crippen LogP contribution in [0.1, 0.15) is 22.8 Å². The summed E-state index contributed by atoms with van der Waals surface area (Å²) in [5.74, 6) is 1.59. The van der Waals surface area contributed by atoms with Crippen LogP contribution < -0.4 is 19.5 Å². The fraction of sp³-hybridized carbons (Fsp3) is 0.111. The number of carbonyl (C=O) groups excluding carboxylic acids is 2. The first-order valence-electron chi connectivity index (χ1n) is 7.36. The zero-order valence-corrected chi connectivity index (χ0v) is 12.8. The maximum atomic E-state index is 12.5. The molecular formula is C18H13NO5. The van der Waals surface area contributed by atoms with E-state index in [1.54, 1.807) is 36.4 Å². The summed E-state index contributed by atoms with van der Waals surface area (Å²) in [7, 11) is 0. The lowest BCUT2D eigenvalue weighted by atomic mass is 10.1. The summed E-state index contributed by atoms with van der Waals surface area (Å²) >= 11 is 0. The van der Waals surface area contributed by atoms with Crippen LogP contribution in [0.3, 0.4) is 0 Å². The van der Waals surface area contributed by atoms with Crippen molar-refractivity contribution in [1.29, 1.82) is 0 Å². The molecule has 0 aliphatic carbocycles. The molecule has 120 valence electrons. The van der Waals surface area contributed by atoms with Gasteiger partial charge < -0.3 is 19.5 Å². The molecule has 1 amide bonds. The summed E-state index contributed by atoms with van der Waals surface area (Å²) in [5.41, 5.74) is 1.76. The Morgan fingerprint density at radius 1 is 1.08 bits per heavy atom. The average molecular weight is 323 g/mol. The van der Waals surface area contributed by atoms with E-state index in [2.05, 4.69) is 5.32 Å². The summed E-state index contributed by atoms with van der Waals surface area (Å²) in [6.07, 6.45) is 1.66. The van der Waals surface area contributed by atoms with Crippen LogP contribution >= 0.6 is 0 Å². The third-order valence-electron chi connectivity index (χ3n) is 3.68. The van der Waals surface area contributed by atoms with Gasteiger partial charge in [0.1, 0.15) is 5.75 Å². The minimum absolute atomic E-state index is 0.197. The summed E-state index contributed by atoms with van der Waals surface area (Å²) in [5, 5.41) is 2.65. The third-order valence-corrected chi connectivity index (χ3v) is 3.68. The number of amides is 1. The molecule has 2 heterocycles. The third kappa shape index (κ3) is 2.48. The van der Waals surface area contributed by atoms with Crippen LogP contribution in [0.2, 0.25) is 0 Å². The van der Waals surface area contributed by atoms with Gasteiger partial charge in [-0.2, -0.15) is 0 Å². The monoisotopic (exact) mass is 323 g/mol. The molecule has 0 bridgehead atoms. The highest BCUT2D eigenvalue weighted by atomic mass is 16.7. The molecule has 6 heteroatoms. The van der Waals surface area contributed by atoms with Gasteiger partial charge in [0.05, 0.1) is 5.56 Å². The first-order chi connectivity index (χ1) is 11.6. The van der Waals surface area contributed by atoms with Crippen LogP contribution in [-0.4, -0.2) is 18.5 Å². The topological polar surface area (TPSA) is 73.9 Å². The molecule has 4 rings (SSSR count). The molecule has 0 spiro atoms. The highest BCUT2D eigenvalue weighted by molar-refractivity contribution is 6.15. The number of hydrogen-bond acceptors (Lipinski definition) is 5. The van der Waals surface area contributed by atoms with Crippen LogP contribution in [0.15, 0.2) is 42.2 Å². The van der Waals surface area contributed by atoms with Crippen molar-refractivity contribution in [3.05, 3.63) is 53.3 Å². The molecular weight excluding hydrogens is 310 g/mol. The minimum Gasteiger partial charge on any atom is -0.454 e. The van der Waals surface area contributed by atoms with E-state index in [9.17, 15) is 9.59 Å². The van der Waals surface area contributed by atoms with Crippen molar-refractivity contribution in [2.45, 2.75) is 6.92 Å². The van der Waals surface area contributed by atoms with E-state index in [-0.39, 0.29) is 24.2 Å². The summed E-state index contributed by atoms with van der Waals surface area (Å²) < 4.78 is 16.2. The van der Waals surface area contributed by atoms with Gasteiger partial charge >= 0.3 is 0 Å². The number of nitrogens with one attached hydrogen (secondary N) is 1. The van der Waals surface area contributed by atoms with Gasteiger partial charge in [0.2, 0.25) is 18.5 Å². The Morgan fingerprint density at radius 2 is 1.88 bits per heavy atom. The lowest BCUT2D eigenvalue weighted by molar-refractivity contribution is -0.114. The average Bonchev–Trinajstić information content (AvgIpc) is 3.12. The SMILES string of the molecule is CC(=O)Nc1ccc2c(c1)C(=O)/C(=C/c1ccc3c(c1)OCO3)O2. The van der Waals surface area contributed by atoms with Crippen LogP contribution in [-0.2, 0) is 4.79 Å². The number of anilines is 1. The molecule has 2 aromatic rings. The van der Waals surface area contributed by atoms with Crippen molar-refractivity contribution in [1.82, 2.24) is 0 Å². The highest BCUT2D eigenvalue weighted by Crippen LogP contribution is 2.36. The molecule has 1 N–H and O–H groups in total. The lowest BCUT2D eigenvalue weighted by Gasteiger charge is -2.02. The molecule has 0 saturated heterocycles. The molecule has 2 aromatic carbocycles. The van der Waals surface area contributed by atoms with Crippen LogP contribution in [0.4, 0.5) is 5.69 Å². The molecule has 2 aliphatic heterocycles. The number of hydrogen-bond donors (Lipinski definition) is 1. The molecule has 0 radical (unpaired) electrons. The Kier molecular flexibility index (Phi) is 3.23. The summed E-state index contributed by atoms with van der Waals surface area (Å²) in [6, 6.07) is 10.4. The van der Waals surface area contributed by atoms with Gasteiger partial charge in [-0.25, -0.2) is 0 Å².